The lowest BCUT2D eigenvalue weighted by atomic mass is 10.0. The summed E-state index contributed by atoms with van der Waals surface area (Å²) >= 11 is 6.11. The van der Waals surface area contributed by atoms with Crippen LogP contribution in [0.15, 0.2) is 23.1 Å². The van der Waals surface area contributed by atoms with Crippen LogP contribution in [0.2, 0.25) is 5.02 Å². The van der Waals surface area contributed by atoms with Gasteiger partial charge in [-0.3, -0.25) is 4.79 Å². The minimum atomic E-state index is -3.79. The summed E-state index contributed by atoms with van der Waals surface area (Å²) in [5.74, 6) is -0.208. The quantitative estimate of drug-likeness (QED) is 0.842. The summed E-state index contributed by atoms with van der Waals surface area (Å²) < 4.78 is 33.1. The number of hydrogen-bond donors (Lipinski definition) is 1. The lowest BCUT2D eigenvalue weighted by Crippen LogP contribution is -2.54. The number of halogens is 1. The fraction of sp³-hybridized carbons (Fsp3) is 0.611. The third kappa shape index (κ3) is 4.06. The third-order valence-electron chi connectivity index (χ3n) is 5.13. The van der Waals surface area contributed by atoms with Crippen molar-refractivity contribution in [3.8, 4) is 0 Å². The molecule has 2 aliphatic rings. The first-order valence-electron chi connectivity index (χ1n) is 9.06. The van der Waals surface area contributed by atoms with Crippen LogP contribution in [0.1, 0.15) is 37.7 Å². The highest BCUT2D eigenvalue weighted by Crippen LogP contribution is 2.30. The van der Waals surface area contributed by atoms with Crippen molar-refractivity contribution in [2.75, 3.05) is 19.8 Å². The van der Waals surface area contributed by atoms with Crippen LogP contribution in [0, 0.1) is 6.92 Å². The molecule has 0 spiro atoms. The Kier molecular flexibility index (Phi) is 6.22. The van der Waals surface area contributed by atoms with E-state index in [1.54, 1.807) is 25.1 Å². The van der Waals surface area contributed by atoms with Gasteiger partial charge in [0.1, 0.15) is 6.04 Å². The zero-order valence-corrected chi connectivity index (χ0v) is 16.5. The molecule has 144 valence electrons. The van der Waals surface area contributed by atoms with Crippen LogP contribution < -0.4 is 5.32 Å². The summed E-state index contributed by atoms with van der Waals surface area (Å²) in [6, 6.07) is 4.23. The van der Waals surface area contributed by atoms with E-state index in [0.717, 1.165) is 25.7 Å². The molecule has 1 atom stereocenters. The van der Waals surface area contributed by atoms with E-state index in [1.807, 2.05) is 0 Å². The molecule has 8 heteroatoms. The Labute approximate surface area is 159 Å². The number of carbonyl (C=O) groups is 1. The summed E-state index contributed by atoms with van der Waals surface area (Å²) in [6.45, 7) is 3.29. The van der Waals surface area contributed by atoms with Crippen molar-refractivity contribution in [1.82, 2.24) is 9.62 Å². The Hall–Kier alpha value is -1.15. The van der Waals surface area contributed by atoms with Crippen LogP contribution in [0.25, 0.3) is 0 Å². The van der Waals surface area contributed by atoms with Gasteiger partial charge in [0.15, 0.2) is 0 Å². The second-order valence-corrected chi connectivity index (χ2v) is 9.15. The van der Waals surface area contributed by atoms with E-state index in [0.29, 0.717) is 36.8 Å². The average Bonchev–Trinajstić information content (AvgIpc) is 2.64. The van der Waals surface area contributed by atoms with Gasteiger partial charge in [0.25, 0.3) is 0 Å². The number of piperidine rings is 1. The van der Waals surface area contributed by atoms with Crippen molar-refractivity contribution in [3.05, 3.63) is 28.8 Å². The number of ether oxygens (including phenoxy) is 1. The number of rotatable bonds is 4. The van der Waals surface area contributed by atoms with E-state index in [-0.39, 0.29) is 16.8 Å². The molecular weight excluding hydrogens is 376 g/mol. The zero-order chi connectivity index (χ0) is 18.7. The predicted molar refractivity (Wildman–Crippen MR) is 99.7 cm³/mol. The van der Waals surface area contributed by atoms with Gasteiger partial charge in [-0.1, -0.05) is 24.1 Å². The molecule has 6 nitrogen and oxygen atoms in total. The van der Waals surface area contributed by atoms with Crippen LogP contribution in [0.5, 0.6) is 0 Å². The van der Waals surface area contributed by atoms with Crippen molar-refractivity contribution < 1.29 is 17.9 Å². The Bertz CT molecular complexity index is 762. The molecular formula is C18H25ClN2O4S. The lowest BCUT2D eigenvalue weighted by molar-refractivity contribution is -0.127. The molecule has 2 saturated heterocycles. The predicted octanol–water partition coefficient (Wildman–Crippen LogP) is 2.49. The molecule has 0 radical (unpaired) electrons. The van der Waals surface area contributed by atoms with Crippen molar-refractivity contribution in [3.63, 3.8) is 0 Å². The molecule has 1 aromatic rings. The van der Waals surface area contributed by atoms with Crippen LogP contribution in [0.3, 0.4) is 0 Å². The first kappa shape index (κ1) is 19.6. The van der Waals surface area contributed by atoms with Gasteiger partial charge in [-0.05, 0) is 50.3 Å². The van der Waals surface area contributed by atoms with Crippen molar-refractivity contribution in [2.24, 2.45) is 0 Å². The molecule has 0 aliphatic carbocycles. The van der Waals surface area contributed by atoms with Gasteiger partial charge in [-0.15, -0.1) is 0 Å². The van der Waals surface area contributed by atoms with Gasteiger partial charge in [-0.2, -0.15) is 4.31 Å². The summed E-state index contributed by atoms with van der Waals surface area (Å²) in [7, 11) is -3.79. The fourth-order valence-corrected chi connectivity index (χ4v) is 5.72. The normalized spacial score (nSPS) is 22.9. The smallest absolute Gasteiger partial charge is 0.244 e. The maximum absolute atomic E-state index is 13.2. The molecule has 1 N–H and O–H groups in total. The molecule has 1 amide bonds. The summed E-state index contributed by atoms with van der Waals surface area (Å²) in [4.78, 5) is 13.0. The number of amides is 1. The molecule has 3 rings (SSSR count). The fourth-order valence-electron chi connectivity index (χ4n) is 3.59. The van der Waals surface area contributed by atoms with Gasteiger partial charge in [0, 0.05) is 30.8 Å². The minimum Gasteiger partial charge on any atom is -0.381 e. The maximum Gasteiger partial charge on any atom is 0.244 e. The molecule has 1 aromatic carbocycles. The Balaban J connectivity index is 1.83. The summed E-state index contributed by atoms with van der Waals surface area (Å²) in [5.41, 5.74) is 0.517. The molecule has 2 aliphatic heterocycles. The van der Waals surface area contributed by atoms with Crippen molar-refractivity contribution >= 4 is 27.5 Å². The number of carbonyl (C=O) groups excluding carboxylic acids is 1. The second-order valence-electron chi connectivity index (χ2n) is 6.89. The van der Waals surface area contributed by atoms with Crippen LogP contribution in [-0.4, -0.2) is 50.5 Å². The summed E-state index contributed by atoms with van der Waals surface area (Å²) in [5, 5.41) is 3.43. The van der Waals surface area contributed by atoms with Crippen LogP contribution in [0.4, 0.5) is 0 Å². The monoisotopic (exact) mass is 400 g/mol. The molecule has 0 saturated carbocycles. The maximum atomic E-state index is 13.2. The topological polar surface area (TPSA) is 75.7 Å². The standard InChI is InChI=1S/C18H25ClN2O4S/c1-13-15(19)5-4-7-17(13)26(23,24)21-10-3-2-6-16(21)18(22)20-14-8-11-25-12-9-14/h4-5,7,14,16H,2-3,6,8-12H2,1H3,(H,20,22)/t16-/m1/s1. The van der Waals surface area contributed by atoms with Crippen molar-refractivity contribution in [1.29, 1.82) is 0 Å². The molecule has 0 aromatic heterocycles. The molecule has 0 bridgehead atoms. The Morgan fingerprint density at radius 2 is 1.96 bits per heavy atom. The Morgan fingerprint density at radius 1 is 1.23 bits per heavy atom. The van der Waals surface area contributed by atoms with Gasteiger partial charge in [0.2, 0.25) is 15.9 Å². The van der Waals surface area contributed by atoms with E-state index in [9.17, 15) is 13.2 Å². The highest BCUT2D eigenvalue weighted by molar-refractivity contribution is 7.89. The van der Waals surface area contributed by atoms with Crippen molar-refractivity contribution in [2.45, 2.75) is 56.0 Å². The number of nitrogens with zero attached hydrogens (tertiary/aromatic N) is 1. The number of hydrogen-bond acceptors (Lipinski definition) is 4. The lowest BCUT2D eigenvalue weighted by Gasteiger charge is -2.35. The Morgan fingerprint density at radius 3 is 2.69 bits per heavy atom. The van der Waals surface area contributed by atoms with Gasteiger partial charge in [0.05, 0.1) is 4.90 Å². The molecule has 2 fully saturated rings. The molecule has 0 unspecified atom stereocenters. The van der Waals surface area contributed by atoms with Gasteiger partial charge < -0.3 is 10.1 Å². The van der Waals surface area contributed by atoms with Gasteiger partial charge in [-0.25, -0.2) is 8.42 Å². The minimum absolute atomic E-state index is 0.0515. The van der Waals surface area contributed by atoms with Gasteiger partial charge >= 0.3 is 0 Å². The molecule has 2 heterocycles. The first-order valence-corrected chi connectivity index (χ1v) is 10.9. The average molecular weight is 401 g/mol. The number of nitrogens with one attached hydrogen (secondary N) is 1. The van der Waals surface area contributed by atoms with Crippen LogP contribution in [-0.2, 0) is 19.6 Å². The second kappa shape index (κ2) is 8.25. The SMILES string of the molecule is Cc1c(Cl)cccc1S(=O)(=O)N1CCCC[C@@H]1C(=O)NC1CCOCC1. The van der Waals surface area contributed by atoms with E-state index in [1.165, 1.54) is 4.31 Å². The van der Waals surface area contributed by atoms with Crippen LogP contribution >= 0.6 is 11.6 Å². The van der Waals surface area contributed by atoms with E-state index >= 15 is 0 Å². The summed E-state index contributed by atoms with van der Waals surface area (Å²) in [6.07, 6.45) is 3.65. The number of benzene rings is 1. The molecule has 26 heavy (non-hydrogen) atoms. The first-order chi connectivity index (χ1) is 12.4. The number of sulfonamides is 1. The van der Waals surface area contributed by atoms with E-state index in [4.69, 9.17) is 16.3 Å². The third-order valence-corrected chi connectivity index (χ3v) is 7.59. The highest BCUT2D eigenvalue weighted by Gasteiger charge is 2.39. The zero-order valence-electron chi connectivity index (χ0n) is 14.9. The highest BCUT2D eigenvalue weighted by atomic mass is 35.5. The largest absolute Gasteiger partial charge is 0.381 e. The van der Waals surface area contributed by atoms with E-state index < -0.39 is 16.1 Å². The van der Waals surface area contributed by atoms with E-state index in [2.05, 4.69) is 5.32 Å².